The van der Waals surface area contributed by atoms with Crippen molar-refractivity contribution in [2.75, 3.05) is 26.1 Å². The Kier molecular flexibility index (Phi) is 5.39. The van der Waals surface area contributed by atoms with Gasteiger partial charge in [-0.15, -0.1) is 0 Å². The summed E-state index contributed by atoms with van der Waals surface area (Å²) in [6.07, 6.45) is 2.27. The van der Waals surface area contributed by atoms with Gasteiger partial charge < -0.3 is 24.1 Å². The van der Waals surface area contributed by atoms with Gasteiger partial charge in [0, 0.05) is 29.2 Å². The van der Waals surface area contributed by atoms with Crippen LogP contribution >= 0.6 is 0 Å². The van der Waals surface area contributed by atoms with Crippen molar-refractivity contribution in [1.82, 2.24) is 4.57 Å². The summed E-state index contributed by atoms with van der Waals surface area (Å²) in [6.45, 7) is 3.53. The highest BCUT2D eigenvalue weighted by Gasteiger charge is 2.28. The normalized spacial score (nSPS) is 13.2. The Morgan fingerprint density at radius 1 is 1.11 bits per heavy atom. The third kappa shape index (κ3) is 4.07. The third-order valence-electron chi connectivity index (χ3n) is 4.62. The van der Waals surface area contributed by atoms with E-state index in [2.05, 4.69) is 9.88 Å². The number of hydrogen-bond acceptors (Lipinski definition) is 5. The molecule has 1 amide bonds. The highest BCUT2D eigenvalue weighted by molar-refractivity contribution is 5.96. The number of anilines is 1. The molecule has 144 valence electrons. The molecule has 1 aliphatic carbocycles. The maximum absolute atomic E-state index is 12.4. The standard InChI is InChI=1S/C20H24N2O5/c1-12-9-16(13(2)22(12)15-6-7-15)20(24)27-11-19(23)21-14-5-8-17(25-3)18(10-14)26-4/h5,8-10,15H,6-7,11H2,1-4H3,(H,21,23). The van der Waals surface area contributed by atoms with Crippen LogP contribution in [0.4, 0.5) is 5.69 Å². The van der Waals surface area contributed by atoms with Crippen LogP contribution in [0.15, 0.2) is 24.3 Å². The quantitative estimate of drug-likeness (QED) is 0.755. The number of hydrogen-bond donors (Lipinski definition) is 1. The van der Waals surface area contributed by atoms with Crippen LogP contribution in [0.1, 0.15) is 40.6 Å². The molecule has 1 saturated carbocycles. The molecule has 1 heterocycles. The number of esters is 1. The number of aryl methyl sites for hydroxylation is 1. The second-order valence-electron chi connectivity index (χ2n) is 6.58. The average molecular weight is 372 g/mol. The molecule has 3 rings (SSSR count). The number of carbonyl (C=O) groups excluding carboxylic acids is 2. The van der Waals surface area contributed by atoms with Crippen LogP contribution in [0.25, 0.3) is 0 Å². The lowest BCUT2D eigenvalue weighted by Gasteiger charge is -2.11. The summed E-state index contributed by atoms with van der Waals surface area (Å²) in [5.74, 6) is 0.150. The first-order valence-electron chi connectivity index (χ1n) is 8.82. The van der Waals surface area contributed by atoms with Gasteiger partial charge in [0.1, 0.15) is 0 Å². The molecule has 1 aromatic carbocycles. The second-order valence-corrected chi connectivity index (χ2v) is 6.58. The van der Waals surface area contributed by atoms with Crippen molar-refractivity contribution in [1.29, 1.82) is 0 Å². The lowest BCUT2D eigenvalue weighted by atomic mass is 10.2. The number of nitrogens with one attached hydrogen (secondary N) is 1. The lowest BCUT2D eigenvalue weighted by Crippen LogP contribution is -2.21. The molecule has 0 radical (unpaired) electrons. The van der Waals surface area contributed by atoms with Gasteiger partial charge in [0.2, 0.25) is 0 Å². The smallest absolute Gasteiger partial charge is 0.340 e. The van der Waals surface area contributed by atoms with Crippen LogP contribution in [-0.4, -0.2) is 37.3 Å². The first-order chi connectivity index (χ1) is 12.9. The Morgan fingerprint density at radius 3 is 2.44 bits per heavy atom. The van der Waals surface area contributed by atoms with Crippen molar-refractivity contribution >= 4 is 17.6 Å². The van der Waals surface area contributed by atoms with Gasteiger partial charge in [0.15, 0.2) is 18.1 Å². The minimum absolute atomic E-state index is 0.361. The lowest BCUT2D eigenvalue weighted by molar-refractivity contribution is -0.119. The molecule has 0 spiro atoms. The fraction of sp³-hybridized carbons (Fsp3) is 0.400. The molecular formula is C20H24N2O5. The van der Waals surface area contributed by atoms with Crippen LogP contribution in [0.5, 0.6) is 11.5 Å². The summed E-state index contributed by atoms with van der Waals surface area (Å²) >= 11 is 0. The van der Waals surface area contributed by atoms with Crippen molar-refractivity contribution in [2.45, 2.75) is 32.7 Å². The summed E-state index contributed by atoms with van der Waals surface area (Å²) in [5, 5.41) is 2.68. The fourth-order valence-electron chi connectivity index (χ4n) is 3.20. The zero-order valence-electron chi connectivity index (χ0n) is 16.0. The van der Waals surface area contributed by atoms with Gasteiger partial charge in [0.05, 0.1) is 19.8 Å². The van der Waals surface area contributed by atoms with E-state index in [9.17, 15) is 9.59 Å². The van der Waals surface area contributed by atoms with Crippen LogP contribution in [0.3, 0.4) is 0 Å². The zero-order chi connectivity index (χ0) is 19.6. The van der Waals surface area contributed by atoms with E-state index < -0.39 is 11.9 Å². The van der Waals surface area contributed by atoms with E-state index in [1.165, 1.54) is 14.2 Å². The highest BCUT2D eigenvalue weighted by Crippen LogP contribution is 2.38. The molecule has 0 atom stereocenters. The third-order valence-corrected chi connectivity index (χ3v) is 4.62. The Morgan fingerprint density at radius 2 is 1.81 bits per heavy atom. The van der Waals surface area contributed by atoms with Crippen molar-refractivity contribution in [3.63, 3.8) is 0 Å². The molecule has 1 N–H and O–H groups in total. The Hall–Kier alpha value is -2.96. The number of amides is 1. The second kappa shape index (κ2) is 7.73. The van der Waals surface area contributed by atoms with E-state index in [1.54, 1.807) is 18.2 Å². The van der Waals surface area contributed by atoms with Crippen LogP contribution in [0, 0.1) is 13.8 Å². The van der Waals surface area contributed by atoms with Gasteiger partial charge >= 0.3 is 5.97 Å². The molecule has 1 aliphatic rings. The molecular weight excluding hydrogens is 348 g/mol. The van der Waals surface area contributed by atoms with E-state index in [1.807, 2.05) is 19.9 Å². The highest BCUT2D eigenvalue weighted by atomic mass is 16.5. The summed E-state index contributed by atoms with van der Waals surface area (Å²) in [6, 6.07) is 7.32. The molecule has 27 heavy (non-hydrogen) atoms. The van der Waals surface area contributed by atoms with E-state index in [4.69, 9.17) is 14.2 Å². The van der Waals surface area contributed by atoms with E-state index in [0.717, 1.165) is 24.2 Å². The van der Waals surface area contributed by atoms with Crippen LogP contribution in [0.2, 0.25) is 0 Å². The average Bonchev–Trinajstić information content (AvgIpc) is 3.44. The number of carbonyl (C=O) groups is 2. The molecule has 2 aromatic rings. The van der Waals surface area contributed by atoms with E-state index in [0.29, 0.717) is 28.8 Å². The van der Waals surface area contributed by atoms with Crippen molar-refractivity contribution in [3.8, 4) is 11.5 Å². The largest absolute Gasteiger partial charge is 0.493 e. The van der Waals surface area contributed by atoms with Gasteiger partial charge in [0.25, 0.3) is 5.91 Å². The maximum atomic E-state index is 12.4. The topological polar surface area (TPSA) is 78.8 Å². The summed E-state index contributed by atoms with van der Waals surface area (Å²) in [7, 11) is 3.05. The number of ether oxygens (including phenoxy) is 3. The van der Waals surface area contributed by atoms with Gasteiger partial charge in [-0.1, -0.05) is 0 Å². The minimum atomic E-state index is -0.488. The predicted octanol–water partition coefficient (Wildman–Crippen LogP) is 3.25. The maximum Gasteiger partial charge on any atom is 0.340 e. The number of rotatable bonds is 7. The van der Waals surface area contributed by atoms with Gasteiger partial charge in [-0.25, -0.2) is 4.79 Å². The summed E-state index contributed by atoms with van der Waals surface area (Å²) in [5.41, 5.74) is 2.97. The Labute approximate surface area is 158 Å². The summed E-state index contributed by atoms with van der Waals surface area (Å²) in [4.78, 5) is 24.5. The van der Waals surface area contributed by atoms with Gasteiger partial charge in [-0.05, 0) is 44.9 Å². The Balaban J connectivity index is 1.59. The fourth-order valence-corrected chi connectivity index (χ4v) is 3.20. The first-order valence-corrected chi connectivity index (χ1v) is 8.82. The van der Waals surface area contributed by atoms with Gasteiger partial charge in [-0.3, -0.25) is 4.79 Å². The van der Waals surface area contributed by atoms with Crippen molar-refractivity contribution in [3.05, 3.63) is 41.2 Å². The van der Waals surface area contributed by atoms with Crippen molar-refractivity contribution in [2.24, 2.45) is 0 Å². The Bertz CT molecular complexity index is 867. The molecule has 7 nitrogen and oxygen atoms in total. The SMILES string of the molecule is COc1ccc(NC(=O)COC(=O)c2cc(C)n(C3CC3)c2C)cc1OC. The number of nitrogens with zero attached hydrogens (tertiary/aromatic N) is 1. The molecule has 7 heteroatoms. The number of benzene rings is 1. The zero-order valence-corrected chi connectivity index (χ0v) is 16.0. The van der Waals surface area contributed by atoms with E-state index >= 15 is 0 Å². The van der Waals surface area contributed by atoms with Crippen molar-refractivity contribution < 1.29 is 23.8 Å². The van der Waals surface area contributed by atoms with E-state index in [-0.39, 0.29) is 6.61 Å². The molecule has 0 saturated heterocycles. The molecule has 1 fully saturated rings. The molecule has 0 bridgehead atoms. The molecule has 0 aliphatic heterocycles. The first kappa shape index (κ1) is 18.8. The van der Waals surface area contributed by atoms with Gasteiger partial charge in [-0.2, -0.15) is 0 Å². The molecule has 1 aromatic heterocycles. The van der Waals surface area contributed by atoms with Crippen LogP contribution < -0.4 is 14.8 Å². The molecule has 0 unspecified atom stereocenters. The van der Waals surface area contributed by atoms with Crippen LogP contribution in [-0.2, 0) is 9.53 Å². The predicted molar refractivity (Wildman–Crippen MR) is 101 cm³/mol. The monoisotopic (exact) mass is 372 g/mol. The summed E-state index contributed by atoms with van der Waals surface area (Å²) < 4.78 is 17.7. The number of methoxy groups -OCH3 is 2. The number of aromatic nitrogens is 1. The minimum Gasteiger partial charge on any atom is -0.493 e.